The second-order valence-corrected chi connectivity index (χ2v) is 4.61. The van der Waals surface area contributed by atoms with Crippen molar-refractivity contribution in [1.29, 1.82) is 0 Å². The monoisotopic (exact) mass is 268 g/mol. The molecule has 0 radical (unpaired) electrons. The molecule has 0 spiro atoms. The SMILES string of the molecule is COC(=O)c1ccccc1CC(=O)c1ccc(C)cc1. The Bertz CT molecular complexity index is 627. The predicted octanol–water partition coefficient (Wildman–Crippen LogP) is 3.21. The average molecular weight is 268 g/mol. The van der Waals surface area contributed by atoms with Crippen molar-refractivity contribution in [3.63, 3.8) is 0 Å². The molecule has 0 N–H and O–H groups in total. The molecule has 0 heterocycles. The number of benzene rings is 2. The maximum atomic E-state index is 12.2. The number of hydrogen-bond acceptors (Lipinski definition) is 3. The third kappa shape index (κ3) is 3.12. The molecule has 0 atom stereocenters. The van der Waals surface area contributed by atoms with E-state index in [0.717, 1.165) is 5.56 Å². The minimum absolute atomic E-state index is 0.0126. The van der Waals surface area contributed by atoms with Crippen LogP contribution >= 0.6 is 0 Å². The summed E-state index contributed by atoms with van der Waals surface area (Å²) in [6.07, 6.45) is 0.189. The molecule has 0 saturated heterocycles. The Morgan fingerprint density at radius 2 is 1.65 bits per heavy atom. The zero-order valence-corrected chi connectivity index (χ0v) is 11.6. The van der Waals surface area contributed by atoms with Crippen molar-refractivity contribution in [3.05, 3.63) is 70.8 Å². The van der Waals surface area contributed by atoms with Gasteiger partial charge in [0.15, 0.2) is 5.78 Å². The smallest absolute Gasteiger partial charge is 0.338 e. The van der Waals surface area contributed by atoms with E-state index in [0.29, 0.717) is 16.7 Å². The first kappa shape index (κ1) is 14.0. The van der Waals surface area contributed by atoms with Crippen LogP contribution in [-0.2, 0) is 11.2 Å². The van der Waals surface area contributed by atoms with Crippen LogP contribution in [0.5, 0.6) is 0 Å². The van der Waals surface area contributed by atoms with E-state index in [1.54, 1.807) is 30.3 Å². The molecule has 0 aromatic heterocycles. The van der Waals surface area contributed by atoms with Crippen LogP contribution in [0.25, 0.3) is 0 Å². The highest BCUT2D eigenvalue weighted by atomic mass is 16.5. The van der Waals surface area contributed by atoms with Gasteiger partial charge in [-0.1, -0.05) is 48.0 Å². The standard InChI is InChI=1S/C17H16O3/c1-12-7-9-13(10-8-12)16(18)11-14-5-3-4-6-15(14)17(19)20-2/h3-10H,11H2,1-2H3. The molecule has 2 aromatic rings. The Hall–Kier alpha value is -2.42. The van der Waals surface area contributed by atoms with Gasteiger partial charge >= 0.3 is 5.97 Å². The van der Waals surface area contributed by atoms with Gasteiger partial charge in [-0.3, -0.25) is 4.79 Å². The van der Waals surface area contributed by atoms with Gasteiger partial charge in [-0.05, 0) is 18.6 Å². The number of carbonyl (C=O) groups excluding carboxylic acids is 2. The second-order valence-electron chi connectivity index (χ2n) is 4.61. The van der Waals surface area contributed by atoms with Gasteiger partial charge in [-0.15, -0.1) is 0 Å². The van der Waals surface area contributed by atoms with E-state index in [1.807, 2.05) is 25.1 Å². The van der Waals surface area contributed by atoms with E-state index in [1.165, 1.54) is 7.11 Å². The normalized spacial score (nSPS) is 10.1. The lowest BCUT2D eigenvalue weighted by molar-refractivity contribution is 0.0599. The maximum absolute atomic E-state index is 12.2. The third-order valence-electron chi connectivity index (χ3n) is 3.15. The number of aryl methyl sites for hydroxylation is 1. The van der Waals surface area contributed by atoms with Crippen LogP contribution in [0.1, 0.15) is 31.8 Å². The quantitative estimate of drug-likeness (QED) is 0.631. The lowest BCUT2D eigenvalue weighted by Gasteiger charge is -2.07. The van der Waals surface area contributed by atoms with Crippen molar-refractivity contribution in [2.45, 2.75) is 13.3 Å². The molecule has 2 rings (SSSR count). The molecule has 3 nitrogen and oxygen atoms in total. The molecule has 0 saturated carbocycles. The summed E-state index contributed by atoms with van der Waals surface area (Å²) in [6.45, 7) is 1.97. The Kier molecular flexibility index (Phi) is 4.31. The number of methoxy groups -OCH3 is 1. The minimum Gasteiger partial charge on any atom is -0.465 e. The number of rotatable bonds is 4. The Labute approximate surface area is 118 Å². The highest BCUT2D eigenvalue weighted by Crippen LogP contribution is 2.14. The van der Waals surface area contributed by atoms with Crippen molar-refractivity contribution in [1.82, 2.24) is 0 Å². The van der Waals surface area contributed by atoms with Gasteiger partial charge in [-0.25, -0.2) is 4.79 Å². The van der Waals surface area contributed by atoms with Gasteiger partial charge in [0.25, 0.3) is 0 Å². The Morgan fingerprint density at radius 3 is 2.30 bits per heavy atom. The summed E-state index contributed by atoms with van der Waals surface area (Å²) in [6, 6.07) is 14.4. The fourth-order valence-corrected chi connectivity index (χ4v) is 2.00. The van der Waals surface area contributed by atoms with Crippen LogP contribution in [-0.4, -0.2) is 18.9 Å². The fourth-order valence-electron chi connectivity index (χ4n) is 2.00. The summed E-state index contributed by atoms with van der Waals surface area (Å²) in [5.74, 6) is -0.432. The first-order valence-electron chi connectivity index (χ1n) is 6.38. The first-order chi connectivity index (χ1) is 9.61. The van der Waals surface area contributed by atoms with Gasteiger partial charge in [0.2, 0.25) is 0 Å². The molecule has 20 heavy (non-hydrogen) atoms. The van der Waals surface area contributed by atoms with E-state index in [4.69, 9.17) is 4.74 Å². The molecule has 0 fully saturated rings. The summed E-state index contributed by atoms with van der Waals surface area (Å²) in [5, 5.41) is 0. The highest BCUT2D eigenvalue weighted by molar-refractivity contribution is 6.00. The van der Waals surface area contributed by atoms with Crippen molar-refractivity contribution in [3.8, 4) is 0 Å². The van der Waals surface area contributed by atoms with Crippen molar-refractivity contribution in [2.24, 2.45) is 0 Å². The lowest BCUT2D eigenvalue weighted by atomic mass is 9.98. The number of ether oxygens (including phenoxy) is 1. The summed E-state index contributed by atoms with van der Waals surface area (Å²) >= 11 is 0. The van der Waals surface area contributed by atoms with E-state index >= 15 is 0 Å². The Morgan fingerprint density at radius 1 is 1.00 bits per heavy atom. The first-order valence-corrected chi connectivity index (χ1v) is 6.38. The Balaban J connectivity index is 2.24. The van der Waals surface area contributed by atoms with Crippen LogP contribution in [0, 0.1) is 6.92 Å². The van der Waals surface area contributed by atoms with Crippen LogP contribution in [0.2, 0.25) is 0 Å². The zero-order valence-electron chi connectivity index (χ0n) is 11.6. The third-order valence-corrected chi connectivity index (χ3v) is 3.15. The largest absolute Gasteiger partial charge is 0.465 e. The number of hydrogen-bond donors (Lipinski definition) is 0. The van der Waals surface area contributed by atoms with Gasteiger partial charge in [0.1, 0.15) is 0 Å². The van der Waals surface area contributed by atoms with E-state index < -0.39 is 5.97 Å². The van der Waals surface area contributed by atoms with E-state index in [2.05, 4.69) is 0 Å². The number of ketones is 1. The van der Waals surface area contributed by atoms with Gasteiger partial charge in [-0.2, -0.15) is 0 Å². The van der Waals surface area contributed by atoms with Gasteiger partial charge in [0, 0.05) is 12.0 Å². The molecule has 2 aromatic carbocycles. The van der Waals surface area contributed by atoms with Crippen molar-refractivity contribution in [2.75, 3.05) is 7.11 Å². The minimum atomic E-state index is -0.419. The van der Waals surface area contributed by atoms with Crippen LogP contribution in [0.3, 0.4) is 0 Å². The molecule has 0 amide bonds. The molecular weight excluding hydrogens is 252 g/mol. The molecular formula is C17H16O3. The molecule has 0 bridgehead atoms. The van der Waals surface area contributed by atoms with E-state index in [-0.39, 0.29) is 12.2 Å². The number of esters is 1. The molecule has 0 aliphatic heterocycles. The average Bonchev–Trinajstić information content (AvgIpc) is 2.47. The maximum Gasteiger partial charge on any atom is 0.338 e. The lowest BCUT2D eigenvalue weighted by Crippen LogP contribution is -2.10. The zero-order chi connectivity index (χ0) is 14.5. The molecule has 0 aliphatic carbocycles. The summed E-state index contributed by atoms with van der Waals surface area (Å²) in [4.78, 5) is 23.9. The second kappa shape index (κ2) is 6.15. The van der Waals surface area contributed by atoms with Crippen LogP contribution < -0.4 is 0 Å². The van der Waals surface area contributed by atoms with Crippen LogP contribution in [0.15, 0.2) is 48.5 Å². The van der Waals surface area contributed by atoms with Crippen molar-refractivity contribution >= 4 is 11.8 Å². The summed E-state index contributed by atoms with van der Waals surface area (Å²) in [5.41, 5.74) is 2.88. The van der Waals surface area contributed by atoms with Crippen molar-refractivity contribution < 1.29 is 14.3 Å². The molecule has 0 unspecified atom stereocenters. The topological polar surface area (TPSA) is 43.4 Å². The fraction of sp³-hybridized carbons (Fsp3) is 0.176. The van der Waals surface area contributed by atoms with Gasteiger partial charge in [0.05, 0.1) is 12.7 Å². The predicted molar refractivity (Wildman–Crippen MR) is 77.0 cm³/mol. The summed E-state index contributed by atoms with van der Waals surface area (Å²) in [7, 11) is 1.33. The summed E-state index contributed by atoms with van der Waals surface area (Å²) < 4.78 is 4.73. The molecule has 102 valence electrons. The number of Topliss-reactive ketones (excluding diaryl/α,β-unsaturated/α-hetero) is 1. The van der Waals surface area contributed by atoms with Gasteiger partial charge < -0.3 is 4.74 Å². The molecule has 0 aliphatic rings. The highest BCUT2D eigenvalue weighted by Gasteiger charge is 2.14. The number of carbonyl (C=O) groups is 2. The molecule has 3 heteroatoms. The van der Waals surface area contributed by atoms with E-state index in [9.17, 15) is 9.59 Å². The van der Waals surface area contributed by atoms with Crippen LogP contribution in [0.4, 0.5) is 0 Å².